The van der Waals surface area contributed by atoms with Crippen LogP contribution in [0.5, 0.6) is 0 Å². The Kier molecular flexibility index (Phi) is 7.18. The highest BCUT2D eigenvalue weighted by Crippen LogP contribution is 2.19. The van der Waals surface area contributed by atoms with Gasteiger partial charge in [0.25, 0.3) is 0 Å². The Labute approximate surface area is 101 Å². The molecule has 0 aliphatic rings. The van der Waals surface area contributed by atoms with Crippen LogP contribution in [0.3, 0.4) is 0 Å². The predicted molar refractivity (Wildman–Crippen MR) is 69.5 cm³/mol. The SMILES string of the molecule is CCN(CC)C(=O)NCC(C(C)C)C(C)C. The number of rotatable bonds is 6. The standard InChI is InChI=1S/C13H28N2O/c1-7-15(8-2)13(16)14-9-12(10(3)4)11(5)6/h10-12H,7-9H2,1-6H3,(H,14,16). The third kappa shape index (κ3) is 4.86. The monoisotopic (exact) mass is 228 g/mol. The first-order chi connectivity index (χ1) is 7.43. The lowest BCUT2D eigenvalue weighted by molar-refractivity contribution is 0.195. The van der Waals surface area contributed by atoms with Crippen molar-refractivity contribution in [2.75, 3.05) is 19.6 Å². The molecule has 0 heterocycles. The van der Waals surface area contributed by atoms with Gasteiger partial charge in [-0.3, -0.25) is 0 Å². The lowest BCUT2D eigenvalue weighted by Gasteiger charge is -2.27. The van der Waals surface area contributed by atoms with Crippen molar-refractivity contribution in [3.63, 3.8) is 0 Å². The van der Waals surface area contributed by atoms with E-state index >= 15 is 0 Å². The summed E-state index contributed by atoms with van der Waals surface area (Å²) in [5.74, 6) is 1.77. The Morgan fingerprint density at radius 1 is 1.06 bits per heavy atom. The zero-order valence-electron chi connectivity index (χ0n) is 11.7. The quantitative estimate of drug-likeness (QED) is 0.745. The minimum atomic E-state index is 0.0660. The number of hydrogen-bond acceptors (Lipinski definition) is 1. The first kappa shape index (κ1) is 15.3. The number of carbonyl (C=O) groups excluding carboxylic acids is 1. The van der Waals surface area contributed by atoms with E-state index in [1.165, 1.54) is 0 Å². The van der Waals surface area contributed by atoms with Crippen LogP contribution in [0.1, 0.15) is 41.5 Å². The zero-order chi connectivity index (χ0) is 12.7. The lowest BCUT2D eigenvalue weighted by Crippen LogP contribution is -2.43. The molecule has 0 saturated heterocycles. The van der Waals surface area contributed by atoms with Gasteiger partial charge in [-0.05, 0) is 31.6 Å². The average Bonchev–Trinajstić information content (AvgIpc) is 2.18. The second kappa shape index (κ2) is 7.53. The van der Waals surface area contributed by atoms with Crippen molar-refractivity contribution < 1.29 is 4.79 Å². The first-order valence-electron chi connectivity index (χ1n) is 6.46. The molecule has 3 heteroatoms. The minimum Gasteiger partial charge on any atom is -0.338 e. The van der Waals surface area contributed by atoms with Crippen molar-refractivity contribution in [1.29, 1.82) is 0 Å². The van der Waals surface area contributed by atoms with Gasteiger partial charge in [0.05, 0.1) is 0 Å². The molecule has 0 aliphatic carbocycles. The van der Waals surface area contributed by atoms with Gasteiger partial charge in [0.15, 0.2) is 0 Å². The minimum absolute atomic E-state index is 0.0660. The molecule has 0 saturated carbocycles. The van der Waals surface area contributed by atoms with Crippen LogP contribution in [0.15, 0.2) is 0 Å². The van der Waals surface area contributed by atoms with E-state index in [-0.39, 0.29) is 6.03 Å². The summed E-state index contributed by atoms with van der Waals surface area (Å²) in [7, 11) is 0. The van der Waals surface area contributed by atoms with Crippen molar-refractivity contribution >= 4 is 6.03 Å². The summed E-state index contributed by atoms with van der Waals surface area (Å²) >= 11 is 0. The highest BCUT2D eigenvalue weighted by Gasteiger charge is 2.19. The number of carbonyl (C=O) groups is 1. The lowest BCUT2D eigenvalue weighted by atomic mass is 9.85. The fraction of sp³-hybridized carbons (Fsp3) is 0.923. The molecule has 2 amide bonds. The molecule has 96 valence electrons. The molecule has 0 rings (SSSR count). The maximum atomic E-state index is 11.8. The van der Waals surface area contributed by atoms with E-state index in [1.54, 1.807) is 0 Å². The van der Waals surface area contributed by atoms with Gasteiger partial charge in [0, 0.05) is 19.6 Å². The molecule has 0 aromatic heterocycles. The molecule has 0 aromatic rings. The van der Waals surface area contributed by atoms with Gasteiger partial charge in [-0.15, -0.1) is 0 Å². The summed E-state index contributed by atoms with van der Waals surface area (Å²) in [6, 6.07) is 0.0660. The summed E-state index contributed by atoms with van der Waals surface area (Å²) in [5, 5.41) is 3.03. The van der Waals surface area contributed by atoms with Gasteiger partial charge >= 0.3 is 6.03 Å². The number of hydrogen-bond donors (Lipinski definition) is 1. The number of amides is 2. The number of nitrogens with one attached hydrogen (secondary N) is 1. The van der Waals surface area contributed by atoms with E-state index in [2.05, 4.69) is 33.0 Å². The summed E-state index contributed by atoms with van der Waals surface area (Å²) in [6.45, 7) is 15.2. The Morgan fingerprint density at radius 2 is 1.50 bits per heavy atom. The molecule has 0 aliphatic heterocycles. The molecule has 0 spiro atoms. The van der Waals surface area contributed by atoms with E-state index in [9.17, 15) is 4.79 Å². The van der Waals surface area contributed by atoms with E-state index in [0.29, 0.717) is 17.8 Å². The third-order valence-corrected chi connectivity index (χ3v) is 3.25. The molecule has 0 radical (unpaired) electrons. The molecule has 0 aromatic carbocycles. The van der Waals surface area contributed by atoms with Crippen LogP contribution in [0.4, 0.5) is 4.79 Å². The van der Waals surface area contributed by atoms with E-state index < -0.39 is 0 Å². The zero-order valence-corrected chi connectivity index (χ0v) is 11.7. The van der Waals surface area contributed by atoms with Crippen LogP contribution in [0.2, 0.25) is 0 Å². The number of urea groups is 1. The van der Waals surface area contributed by atoms with E-state index in [1.807, 2.05) is 18.7 Å². The van der Waals surface area contributed by atoms with Crippen molar-refractivity contribution in [2.45, 2.75) is 41.5 Å². The van der Waals surface area contributed by atoms with Crippen molar-refractivity contribution in [3.05, 3.63) is 0 Å². The Bertz CT molecular complexity index is 190. The van der Waals surface area contributed by atoms with Gasteiger partial charge in [-0.25, -0.2) is 4.79 Å². The Hall–Kier alpha value is -0.730. The fourth-order valence-corrected chi connectivity index (χ4v) is 2.07. The molecular formula is C13H28N2O. The van der Waals surface area contributed by atoms with Crippen LogP contribution >= 0.6 is 0 Å². The van der Waals surface area contributed by atoms with E-state index in [0.717, 1.165) is 19.6 Å². The van der Waals surface area contributed by atoms with Gasteiger partial charge < -0.3 is 10.2 Å². The maximum absolute atomic E-state index is 11.8. The van der Waals surface area contributed by atoms with Gasteiger partial charge in [0.1, 0.15) is 0 Å². The summed E-state index contributed by atoms with van der Waals surface area (Å²) in [6.07, 6.45) is 0. The molecule has 3 nitrogen and oxygen atoms in total. The summed E-state index contributed by atoms with van der Waals surface area (Å²) in [4.78, 5) is 13.6. The van der Waals surface area contributed by atoms with Crippen molar-refractivity contribution in [2.24, 2.45) is 17.8 Å². The Balaban J connectivity index is 4.15. The van der Waals surface area contributed by atoms with Crippen molar-refractivity contribution in [1.82, 2.24) is 10.2 Å². The highest BCUT2D eigenvalue weighted by molar-refractivity contribution is 5.74. The maximum Gasteiger partial charge on any atom is 0.317 e. The molecule has 16 heavy (non-hydrogen) atoms. The summed E-state index contributed by atoms with van der Waals surface area (Å²) in [5.41, 5.74) is 0. The van der Waals surface area contributed by atoms with Gasteiger partial charge in [-0.1, -0.05) is 27.7 Å². The van der Waals surface area contributed by atoms with Gasteiger partial charge in [-0.2, -0.15) is 0 Å². The smallest absolute Gasteiger partial charge is 0.317 e. The van der Waals surface area contributed by atoms with Crippen molar-refractivity contribution in [3.8, 4) is 0 Å². The van der Waals surface area contributed by atoms with Crippen LogP contribution in [0.25, 0.3) is 0 Å². The van der Waals surface area contributed by atoms with E-state index in [4.69, 9.17) is 0 Å². The normalized spacial score (nSPS) is 11.3. The largest absolute Gasteiger partial charge is 0.338 e. The molecule has 0 atom stereocenters. The van der Waals surface area contributed by atoms with Gasteiger partial charge in [0.2, 0.25) is 0 Å². The first-order valence-corrected chi connectivity index (χ1v) is 6.46. The molecule has 0 bridgehead atoms. The number of nitrogens with zero attached hydrogens (tertiary/aromatic N) is 1. The average molecular weight is 228 g/mol. The molecule has 1 N–H and O–H groups in total. The van der Waals surface area contributed by atoms with Crippen LogP contribution in [-0.2, 0) is 0 Å². The fourth-order valence-electron chi connectivity index (χ4n) is 2.07. The third-order valence-electron chi connectivity index (χ3n) is 3.25. The second-order valence-electron chi connectivity index (χ2n) is 5.01. The van der Waals surface area contributed by atoms with Crippen LogP contribution in [-0.4, -0.2) is 30.6 Å². The second-order valence-corrected chi connectivity index (χ2v) is 5.01. The summed E-state index contributed by atoms with van der Waals surface area (Å²) < 4.78 is 0. The topological polar surface area (TPSA) is 32.3 Å². The molecule has 0 unspecified atom stereocenters. The predicted octanol–water partition coefficient (Wildman–Crippen LogP) is 2.97. The molecule has 0 fully saturated rings. The van der Waals surface area contributed by atoms with Crippen LogP contribution < -0.4 is 5.32 Å². The Morgan fingerprint density at radius 3 is 1.81 bits per heavy atom. The molecular weight excluding hydrogens is 200 g/mol. The highest BCUT2D eigenvalue weighted by atomic mass is 16.2. The van der Waals surface area contributed by atoms with Crippen LogP contribution in [0, 0.1) is 17.8 Å².